The second-order valence-corrected chi connectivity index (χ2v) is 7.76. The highest BCUT2D eigenvalue weighted by atomic mass is 16.5. The lowest BCUT2D eigenvalue weighted by Gasteiger charge is -2.34. The van der Waals surface area contributed by atoms with Gasteiger partial charge in [-0.2, -0.15) is 0 Å². The Bertz CT molecular complexity index is 1030. The van der Waals surface area contributed by atoms with E-state index in [-0.39, 0.29) is 11.8 Å². The molecule has 8 heteroatoms. The zero-order chi connectivity index (χ0) is 22.8. The molecule has 2 aromatic carbocycles. The van der Waals surface area contributed by atoms with Crippen LogP contribution >= 0.6 is 0 Å². The van der Waals surface area contributed by atoms with Gasteiger partial charge >= 0.3 is 0 Å². The number of hydrogen-bond acceptors (Lipinski definition) is 7. The number of ether oxygens (including phenoxy) is 3. The van der Waals surface area contributed by atoms with Gasteiger partial charge in [-0.25, -0.2) is 4.90 Å². The van der Waals surface area contributed by atoms with Crippen LogP contribution < -0.4 is 19.1 Å². The first-order valence-electron chi connectivity index (χ1n) is 10.4. The molecule has 2 aromatic rings. The third-order valence-corrected chi connectivity index (χ3v) is 5.85. The van der Waals surface area contributed by atoms with Crippen LogP contribution in [0.2, 0.25) is 0 Å². The molecule has 1 fully saturated rings. The molecule has 32 heavy (non-hydrogen) atoms. The van der Waals surface area contributed by atoms with Gasteiger partial charge in [-0.3, -0.25) is 9.59 Å². The van der Waals surface area contributed by atoms with Crippen LogP contribution in [0.5, 0.6) is 17.2 Å². The topological polar surface area (TPSA) is 71.6 Å². The second kappa shape index (κ2) is 8.92. The van der Waals surface area contributed by atoms with Crippen molar-refractivity contribution in [2.75, 3.05) is 59.5 Å². The molecule has 2 heterocycles. The lowest BCUT2D eigenvalue weighted by molar-refractivity contribution is -0.120. The quantitative estimate of drug-likeness (QED) is 0.642. The molecule has 0 aromatic heterocycles. The molecule has 0 saturated carbocycles. The molecule has 0 radical (unpaired) electrons. The van der Waals surface area contributed by atoms with Crippen molar-refractivity contribution in [1.82, 2.24) is 9.80 Å². The number of rotatable bonds is 6. The number of anilines is 1. The van der Waals surface area contributed by atoms with E-state index in [1.165, 1.54) is 19.1 Å². The molecule has 0 unspecified atom stereocenters. The van der Waals surface area contributed by atoms with E-state index in [0.29, 0.717) is 52.9 Å². The van der Waals surface area contributed by atoms with E-state index in [2.05, 4.69) is 4.90 Å². The summed E-state index contributed by atoms with van der Waals surface area (Å²) < 4.78 is 15.9. The predicted octanol–water partition coefficient (Wildman–Crippen LogP) is 2.24. The average Bonchev–Trinajstić information content (AvgIpc) is 3.09. The lowest BCUT2D eigenvalue weighted by Crippen LogP contribution is -2.46. The highest BCUT2D eigenvalue weighted by molar-refractivity contribution is 6.45. The van der Waals surface area contributed by atoms with Gasteiger partial charge in [0.15, 0.2) is 0 Å². The van der Waals surface area contributed by atoms with Crippen molar-refractivity contribution >= 4 is 23.1 Å². The number of methoxy groups -OCH3 is 3. The zero-order valence-corrected chi connectivity index (χ0v) is 18.8. The molecule has 0 atom stereocenters. The molecule has 4 rings (SSSR count). The van der Waals surface area contributed by atoms with Crippen molar-refractivity contribution in [2.45, 2.75) is 0 Å². The van der Waals surface area contributed by atoms with Crippen molar-refractivity contribution in [1.29, 1.82) is 0 Å². The molecule has 2 amide bonds. The monoisotopic (exact) mass is 437 g/mol. The van der Waals surface area contributed by atoms with Gasteiger partial charge in [-0.15, -0.1) is 0 Å². The van der Waals surface area contributed by atoms with E-state index in [4.69, 9.17) is 14.2 Å². The number of carbonyl (C=O) groups excluding carboxylic acids is 2. The molecule has 8 nitrogen and oxygen atoms in total. The average molecular weight is 437 g/mol. The highest BCUT2D eigenvalue weighted by Gasteiger charge is 2.43. The first kappa shape index (κ1) is 21.7. The summed E-state index contributed by atoms with van der Waals surface area (Å²) in [5.74, 6) is 0.963. The molecular formula is C24H27N3O5. The molecular weight excluding hydrogens is 410 g/mol. The summed E-state index contributed by atoms with van der Waals surface area (Å²) in [6.07, 6.45) is 0. The summed E-state index contributed by atoms with van der Waals surface area (Å²) in [6.45, 7) is 2.96. The van der Waals surface area contributed by atoms with Crippen molar-refractivity contribution in [2.24, 2.45) is 0 Å². The maximum atomic E-state index is 13.7. The molecule has 2 aliphatic rings. The Kier molecular flexibility index (Phi) is 6.05. The van der Waals surface area contributed by atoms with E-state index in [0.717, 1.165) is 13.1 Å². The summed E-state index contributed by atoms with van der Waals surface area (Å²) in [5.41, 5.74) is 1.90. The minimum Gasteiger partial charge on any atom is -0.497 e. The van der Waals surface area contributed by atoms with Crippen molar-refractivity contribution in [3.05, 3.63) is 53.7 Å². The standard InChI is InChI=1S/C24H27N3O5/c1-25-9-11-26(12-10-25)22-21(16-5-7-18(30-2)8-6-16)23(28)27(24(22)29)17-13-19(31-3)15-20(14-17)32-4/h5-8,13-15H,9-12H2,1-4H3. The van der Waals surface area contributed by atoms with Crippen LogP contribution in [0.4, 0.5) is 5.69 Å². The van der Waals surface area contributed by atoms with E-state index in [1.807, 2.05) is 24.1 Å². The molecule has 168 valence electrons. The summed E-state index contributed by atoms with van der Waals surface area (Å²) in [4.78, 5) is 32.8. The highest BCUT2D eigenvalue weighted by Crippen LogP contribution is 2.38. The Morgan fingerprint density at radius 1 is 0.719 bits per heavy atom. The van der Waals surface area contributed by atoms with Crippen LogP contribution in [0.3, 0.4) is 0 Å². The van der Waals surface area contributed by atoms with Gasteiger partial charge in [0.2, 0.25) is 0 Å². The summed E-state index contributed by atoms with van der Waals surface area (Å²) in [5, 5.41) is 0. The molecule has 0 bridgehead atoms. The Morgan fingerprint density at radius 3 is 1.81 bits per heavy atom. The SMILES string of the molecule is COc1ccc(C2=C(N3CCN(C)CC3)C(=O)N(c3cc(OC)cc(OC)c3)C2=O)cc1. The molecule has 0 spiro atoms. The van der Waals surface area contributed by atoms with Crippen LogP contribution in [0.1, 0.15) is 5.56 Å². The number of hydrogen-bond donors (Lipinski definition) is 0. The lowest BCUT2D eigenvalue weighted by atomic mass is 10.0. The van der Waals surface area contributed by atoms with Gasteiger partial charge in [0, 0.05) is 44.4 Å². The molecule has 0 aliphatic carbocycles. The molecule has 2 aliphatic heterocycles. The molecule has 0 N–H and O–H groups in total. The Morgan fingerprint density at radius 2 is 1.28 bits per heavy atom. The van der Waals surface area contributed by atoms with E-state index in [9.17, 15) is 9.59 Å². The van der Waals surface area contributed by atoms with Gasteiger partial charge in [0.1, 0.15) is 22.9 Å². The van der Waals surface area contributed by atoms with Gasteiger partial charge in [-0.1, -0.05) is 12.1 Å². The van der Waals surface area contributed by atoms with Crippen LogP contribution in [-0.2, 0) is 9.59 Å². The third kappa shape index (κ3) is 3.89. The number of benzene rings is 2. The normalized spacial score (nSPS) is 17.2. The van der Waals surface area contributed by atoms with Crippen molar-refractivity contribution in [3.8, 4) is 17.2 Å². The minimum atomic E-state index is -0.371. The fourth-order valence-electron chi connectivity index (χ4n) is 4.02. The number of piperazine rings is 1. The number of amides is 2. The maximum absolute atomic E-state index is 13.7. The Labute approximate surface area is 187 Å². The largest absolute Gasteiger partial charge is 0.497 e. The Balaban J connectivity index is 1.81. The zero-order valence-electron chi connectivity index (χ0n) is 18.8. The van der Waals surface area contributed by atoms with Crippen LogP contribution in [-0.4, -0.2) is 76.2 Å². The number of carbonyl (C=O) groups is 2. The van der Waals surface area contributed by atoms with Gasteiger partial charge in [0.05, 0.1) is 32.6 Å². The van der Waals surface area contributed by atoms with Gasteiger partial charge in [-0.05, 0) is 24.7 Å². The van der Waals surface area contributed by atoms with Crippen molar-refractivity contribution in [3.63, 3.8) is 0 Å². The fraction of sp³-hybridized carbons (Fsp3) is 0.333. The summed E-state index contributed by atoms with van der Waals surface area (Å²) in [6, 6.07) is 12.2. The van der Waals surface area contributed by atoms with E-state index in [1.54, 1.807) is 37.4 Å². The second-order valence-electron chi connectivity index (χ2n) is 7.76. The van der Waals surface area contributed by atoms with Crippen LogP contribution in [0.25, 0.3) is 5.57 Å². The van der Waals surface area contributed by atoms with Crippen molar-refractivity contribution < 1.29 is 23.8 Å². The summed E-state index contributed by atoms with van der Waals surface area (Å²) in [7, 11) is 6.70. The number of imide groups is 1. The first-order valence-corrected chi connectivity index (χ1v) is 10.4. The Hall–Kier alpha value is -3.52. The first-order chi connectivity index (χ1) is 15.5. The van der Waals surface area contributed by atoms with E-state index >= 15 is 0 Å². The smallest absolute Gasteiger partial charge is 0.282 e. The predicted molar refractivity (Wildman–Crippen MR) is 121 cm³/mol. The number of likely N-dealkylation sites (N-methyl/N-ethyl adjacent to an activating group) is 1. The van der Waals surface area contributed by atoms with Gasteiger partial charge < -0.3 is 24.0 Å². The minimum absolute atomic E-state index is 0.347. The van der Waals surface area contributed by atoms with E-state index < -0.39 is 0 Å². The third-order valence-electron chi connectivity index (χ3n) is 5.85. The summed E-state index contributed by atoms with van der Waals surface area (Å²) >= 11 is 0. The van der Waals surface area contributed by atoms with Gasteiger partial charge in [0.25, 0.3) is 11.8 Å². The fourth-order valence-corrected chi connectivity index (χ4v) is 4.02. The molecule has 1 saturated heterocycles. The number of nitrogens with zero attached hydrogens (tertiary/aromatic N) is 3. The van der Waals surface area contributed by atoms with Crippen LogP contribution in [0.15, 0.2) is 48.2 Å². The maximum Gasteiger partial charge on any atom is 0.282 e. The van der Waals surface area contributed by atoms with Crippen LogP contribution in [0, 0.1) is 0 Å².